The largest absolute Gasteiger partial charge is 0.467 e. The van der Waals surface area contributed by atoms with Crippen LogP contribution in [-0.2, 0) is 35.5 Å². The van der Waals surface area contributed by atoms with Gasteiger partial charge in [-0.3, -0.25) is 9.59 Å². The fourth-order valence-corrected chi connectivity index (χ4v) is 4.33. The molecule has 5 aromatic rings. The zero-order valence-electron chi connectivity index (χ0n) is 18.5. The normalized spacial score (nSPS) is 11.1. The zero-order valence-corrected chi connectivity index (χ0v) is 18.5. The second-order valence-corrected chi connectivity index (χ2v) is 8.11. The fraction of sp³-hybridized carbons (Fsp3) is 0.143. The van der Waals surface area contributed by atoms with E-state index in [-0.39, 0.29) is 24.7 Å². The third kappa shape index (κ3) is 4.57. The van der Waals surface area contributed by atoms with Gasteiger partial charge < -0.3 is 19.5 Å². The van der Waals surface area contributed by atoms with E-state index in [1.165, 1.54) is 0 Å². The van der Waals surface area contributed by atoms with E-state index < -0.39 is 0 Å². The second kappa shape index (κ2) is 9.67. The van der Waals surface area contributed by atoms with Crippen molar-refractivity contribution >= 4 is 33.4 Å². The first kappa shape index (κ1) is 21.5. The number of nitrogens with one attached hydrogen (secondary N) is 2. The maximum absolute atomic E-state index is 12.8. The van der Waals surface area contributed by atoms with Gasteiger partial charge in [0.05, 0.1) is 38.5 Å². The molecular formula is C28H24N2O4. The van der Waals surface area contributed by atoms with Gasteiger partial charge in [-0.25, -0.2) is 0 Å². The highest BCUT2D eigenvalue weighted by atomic mass is 16.3. The molecule has 0 saturated carbocycles. The average molecular weight is 453 g/mol. The molecule has 0 aliphatic carbocycles. The SMILES string of the molecule is O=C(Cc1c2ccccc2c(CC(=O)NCc2ccco2)c2ccccc12)NCc1ccco1. The number of carbonyl (C=O) groups is 2. The fourth-order valence-electron chi connectivity index (χ4n) is 4.33. The van der Waals surface area contributed by atoms with Crippen LogP contribution < -0.4 is 10.6 Å². The van der Waals surface area contributed by atoms with Crippen molar-refractivity contribution in [1.29, 1.82) is 0 Å². The van der Waals surface area contributed by atoms with Crippen molar-refractivity contribution in [3.05, 3.63) is 108 Å². The van der Waals surface area contributed by atoms with Gasteiger partial charge in [-0.15, -0.1) is 0 Å². The topological polar surface area (TPSA) is 84.5 Å². The van der Waals surface area contributed by atoms with Crippen LogP contribution in [0.2, 0.25) is 0 Å². The van der Waals surface area contributed by atoms with Gasteiger partial charge >= 0.3 is 0 Å². The Morgan fingerprint density at radius 3 is 1.26 bits per heavy atom. The number of hydrogen-bond acceptors (Lipinski definition) is 4. The van der Waals surface area contributed by atoms with Crippen molar-refractivity contribution in [2.75, 3.05) is 0 Å². The Labute approximate surface area is 196 Å². The second-order valence-electron chi connectivity index (χ2n) is 8.11. The number of rotatable bonds is 8. The van der Waals surface area contributed by atoms with Crippen LogP contribution in [0, 0.1) is 0 Å². The molecule has 0 saturated heterocycles. The van der Waals surface area contributed by atoms with Gasteiger partial charge in [0.1, 0.15) is 11.5 Å². The van der Waals surface area contributed by atoms with Crippen molar-refractivity contribution < 1.29 is 18.4 Å². The lowest BCUT2D eigenvalue weighted by atomic mass is 9.89. The number of amides is 2. The van der Waals surface area contributed by atoms with Gasteiger partial charge in [0, 0.05) is 0 Å². The minimum Gasteiger partial charge on any atom is -0.467 e. The van der Waals surface area contributed by atoms with E-state index in [2.05, 4.69) is 10.6 Å². The Balaban J connectivity index is 1.46. The van der Waals surface area contributed by atoms with Crippen LogP contribution in [-0.4, -0.2) is 11.8 Å². The van der Waals surface area contributed by atoms with E-state index in [9.17, 15) is 9.59 Å². The number of fused-ring (bicyclic) bond motifs is 2. The highest BCUT2D eigenvalue weighted by molar-refractivity contribution is 6.09. The molecule has 6 heteroatoms. The molecule has 0 spiro atoms. The molecule has 0 aliphatic rings. The zero-order chi connectivity index (χ0) is 23.3. The lowest BCUT2D eigenvalue weighted by molar-refractivity contribution is -0.121. The Bertz CT molecular complexity index is 1270. The van der Waals surface area contributed by atoms with Gasteiger partial charge in [0.2, 0.25) is 11.8 Å². The lowest BCUT2D eigenvalue weighted by Gasteiger charge is -2.17. The van der Waals surface area contributed by atoms with E-state index in [0.717, 1.165) is 32.7 Å². The third-order valence-corrected chi connectivity index (χ3v) is 5.91. The quantitative estimate of drug-likeness (QED) is 0.328. The van der Waals surface area contributed by atoms with Gasteiger partial charge in [0.15, 0.2) is 0 Å². The molecule has 2 heterocycles. The van der Waals surface area contributed by atoms with E-state index in [0.29, 0.717) is 24.6 Å². The van der Waals surface area contributed by atoms with Crippen molar-refractivity contribution in [3.8, 4) is 0 Å². The summed E-state index contributed by atoms with van der Waals surface area (Å²) < 4.78 is 10.6. The van der Waals surface area contributed by atoms with Crippen LogP contribution in [0.15, 0.2) is 94.2 Å². The third-order valence-electron chi connectivity index (χ3n) is 5.91. The minimum absolute atomic E-state index is 0.0874. The summed E-state index contributed by atoms with van der Waals surface area (Å²) in [5, 5.41) is 9.77. The molecule has 2 N–H and O–H groups in total. The van der Waals surface area contributed by atoms with Crippen LogP contribution in [0.4, 0.5) is 0 Å². The van der Waals surface area contributed by atoms with Gasteiger partial charge in [-0.1, -0.05) is 48.5 Å². The molecule has 6 nitrogen and oxygen atoms in total. The summed E-state index contributed by atoms with van der Waals surface area (Å²) in [6.07, 6.45) is 3.64. The summed E-state index contributed by atoms with van der Waals surface area (Å²) in [5.74, 6) is 1.24. The molecule has 0 fully saturated rings. The van der Waals surface area contributed by atoms with E-state index in [1.807, 2.05) is 60.7 Å². The van der Waals surface area contributed by atoms with Crippen molar-refractivity contribution in [2.45, 2.75) is 25.9 Å². The smallest absolute Gasteiger partial charge is 0.224 e. The molecule has 0 aliphatic heterocycles. The molecule has 3 aromatic carbocycles. The summed E-state index contributed by atoms with van der Waals surface area (Å²) in [6.45, 7) is 0.686. The number of carbonyl (C=O) groups excluding carboxylic acids is 2. The Morgan fingerprint density at radius 2 is 0.941 bits per heavy atom. The van der Waals surface area contributed by atoms with Crippen LogP contribution >= 0.6 is 0 Å². The molecule has 0 atom stereocenters. The summed E-state index contributed by atoms with van der Waals surface area (Å²) in [5.41, 5.74) is 1.89. The Hall–Kier alpha value is -4.32. The summed E-state index contributed by atoms with van der Waals surface area (Å²) in [6, 6.07) is 23.2. The first-order valence-electron chi connectivity index (χ1n) is 11.2. The predicted octanol–water partition coefficient (Wildman–Crippen LogP) is 4.90. The monoisotopic (exact) mass is 452 g/mol. The minimum atomic E-state index is -0.0874. The molecule has 0 unspecified atom stereocenters. The molecule has 0 radical (unpaired) electrons. The van der Waals surface area contributed by atoms with Crippen LogP contribution in [0.25, 0.3) is 21.5 Å². The first-order chi connectivity index (χ1) is 16.7. The van der Waals surface area contributed by atoms with Gasteiger partial charge in [0.25, 0.3) is 0 Å². The van der Waals surface area contributed by atoms with Gasteiger partial charge in [-0.05, 0) is 56.9 Å². The molecule has 2 amide bonds. The number of furan rings is 2. The maximum Gasteiger partial charge on any atom is 0.224 e. The molecule has 34 heavy (non-hydrogen) atoms. The van der Waals surface area contributed by atoms with Crippen molar-refractivity contribution in [2.24, 2.45) is 0 Å². The van der Waals surface area contributed by atoms with E-state index in [1.54, 1.807) is 24.7 Å². The van der Waals surface area contributed by atoms with Crippen molar-refractivity contribution in [3.63, 3.8) is 0 Å². The maximum atomic E-state index is 12.8. The molecule has 0 bridgehead atoms. The Kier molecular flexibility index (Phi) is 6.12. The van der Waals surface area contributed by atoms with E-state index in [4.69, 9.17) is 8.83 Å². The Morgan fingerprint density at radius 1 is 0.559 bits per heavy atom. The van der Waals surface area contributed by atoms with Crippen LogP contribution in [0.1, 0.15) is 22.6 Å². The summed E-state index contributed by atoms with van der Waals surface area (Å²) in [4.78, 5) is 25.7. The van der Waals surface area contributed by atoms with Crippen LogP contribution in [0.3, 0.4) is 0 Å². The molecule has 2 aromatic heterocycles. The standard InChI is InChI=1S/C28H24N2O4/c31-27(29-17-19-7-5-13-33-19)15-25-21-9-1-2-10-22(21)26(24-12-4-3-11-23(24)25)16-28(32)30-18-20-8-6-14-34-20/h1-14H,15-18H2,(H,29,31)(H,30,32). The van der Waals surface area contributed by atoms with E-state index >= 15 is 0 Å². The highest BCUT2D eigenvalue weighted by Crippen LogP contribution is 2.33. The number of benzene rings is 3. The lowest BCUT2D eigenvalue weighted by Crippen LogP contribution is -2.25. The molecular weight excluding hydrogens is 428 g/mol. The molecule has 5 rings (SSSR count). The average Bonchev–Trinajstić information content (AvgIpc) is 3.58. The molecule has 170 valence electrons. The van der Waals surface area contributed by atoms with Crippen molar-refractivity contribution in [1.82, 2.24) is 10.6 Å². The number of hydrogen-bond donors (Lipinski definition) is 2. The predicted molar refractivity (Wildman–Crippen MR) is 130 cm³/mol. The van der Waals surface area contributed by atoms with Gasteiger partial charge in [-0.2, -0.15) is 0 Å². The summed E-state index contributed by atoms with van der Waals surface area (Å²) >= 11 is 0. The first-order valence-corrected chi connectivity index (χ1v) is 11.2. The van der Waals surface area contributed by atoms with Crippen LogP contribution in [0.5, 0.6) is 0 Å². The highest BCUT2D eigenvalue weighted by Gasteiger charge is 2.18. The summed E-state index contributed by atoms with van der Waals surface area (Å²) in [7, 11) is 0.